The Balaban J connectivity index is 6.03. The first-order chi connectivity index (χ1) is 17.4. The Kier molecular flexibility index (Phi) is 15.8. The molecule has 0 saturated carbocycles. The molecule has 0 fully saturated rings. The first-order valence-corrected chi connectivity index (χ1v) is 21.5. The van der Waals surface area contributed by atoms with Gasteiger partial charge in [-0.05, 0) is 58.8 Å². The monoisotopic (exact) mass is 591 g/mol. The summed E-state index contributed by atoms with van der Waals surface area (Å²) in [4.78, 5) is 27.3. The fourth-order valence-corrected chi connectivity index (χ4v) is 18.3. The van der Waals surface area contributed by atoms with E-state index in [2.05, 4.69) is 88.4 Å². The molecule has 0 aromatic rings. The van der Waals surface area contributed by atoms with Gasteiger partial charge in [0.25, 0.3) is 22.6 Å². The van der Waals surface area contributed by atoms with Gasteiger partial charge in [0.15, 0.2) is 0 Å². The van der Waals surface area contributed by atoms with Crippen molar-refractivity contribution in [1.82, 2.24) is 5.32 Å². The molecule has 1 N–H and O–H groups in total. The average molecular weight is 592 g/mol. The van der Waals surface area contributed by atoms with Gasteiger partial charge >= 0.3 is 14.5 Å². The average Bonchev–Trinajstić information content (AvgIpc) is 2.80. The van der Waals surface area contributed by atoms with E-state index in [1.165, 1.54) is 0 Å². The summed E-state index contributed by atoms with van der Waals surface area (Å²) in [6.45, 7) is 28.5. The van der Waals surface area contributed by atoms with Gasteiger partial charge < -0.3 is 23.0 Å². The number of hydrogen-bond acceptors (Lipinski definition) is 7. The van der Waals surface area contributed by atoms with Crippen molar-refractivity contribution in [1.29, 1.82) is 0 Å². The van der Waals surface area contributed by atoms with E-state index >= 15 is 0 Å². The van der Waals surface area contributed by atoms with Crippen molar-refractivity contribution in [3.05, 3.63) is 0 Å². The molecular weight excluding hydrogens is 531 g/mol. The van der Waals surface area contributed by atoms with Crippen molar-refractivity contribution in [2.75, 3.05) is 20.8 Å². The molecule has 0 bridgehead atoms. The molecule has 0 aliphatic carbocycles. The van der Waals surface area contributed by atoms with Crippen LogP contribution in [0.5, 0.6) is 0 Å². The molecule has 0 amide bonds. The summed E-state index contributed by atoms with van der Waals surface area (Å²) in [5, 5.41) is 3.36. The largest absolute Gasteiger partial charge is 0.518 e. The van der Waals surface area contributed by atoms with Gasteiger partial charge in [-0.2, -0.15) is 0 Å². The summed E-state index contributed by atoms with van der Waals surface area (Å²) in [6, 6.07) is 0.0354. The van der Waals surface area contributed by atoms with Gasteiger partial charge in [-0.15, -0.1) is 0 Å². The lowest BCUT2D eigenvalue weighted by atomic mass is 10.2. The Morgan fingerprint density at radius 2 is 1.03 bits per heavy atom. The third-order valence-corrected chi connectivity index (χ3v) is 23.7. The van der Waals surface area contributed by atoms with Crippen LogP contribution in [0.15, 0.2) is 0 Å². The second-order valence-electron chi connectivity index (χ2n) is 12.9. The SMILES string of the molecule is CO[Si](C)(CCCNC(CC(=O)O[Si](C(C)C)(C(C)C)C(C)C)C(=O)O[Si](C(C)C)(C(C)C)C(C)C)OC. The zero-order valence-electron chi connectivity index (χ0n) is 27.3. The van der Waals surface area contributed by atoms with Gasteiger partial charge in [0, 0.05) is 14.2 Å². The zero-order valence-corrected chi connectivity index (χ0v) is 30.3. The van der Waals surface area contributed by atoms with Crippen LogP contribution in [-0.2, 0) is 27.3 Å². The fraction of sp³-hybridized carbons (Fsp3) is 0.929. The topological polar surface area (TPSA) is 83.1 Å². The van der Waals surface area contributed by atoms with E-state index in [1.807, 2.05) is 6.55 Å². The van der Waals surface area contributed by atoms with Gasteiger partial charge in [0.2, 0.25) is 0 Å². The Labute approximate surface area is 238 Å². The summed E-state index contributed by atoms with van der Waals surface area (Å²) in [7, 11) is -3.73. The van der Waals surface area contributed by atoms with Crippen molar-refractivity contribution in [2.45, 2.75) is 148 Å². The number of hydrogen-bond donors (Lipinski definition) is 1. The molecule has 0 aromatic carbocycles. The predicted molar refractivity (Wildman–Crippen MR) is 166 cm³/mol. The highest BCUT2D eigenvalue weighted by Gasteiger charge is 2.50. The van der Waals surface area contributed by atoms with Gasteiger partial charge in [0.05, 0.1) is 6.42 Å². The smallest absolute Gasteiger partial charge is 0.334 e. The number of nitrogens with one attached hydrogen (secondary N) is 1. The standard InChI is InChI=1S/C28H61NO6Si3/c1-20(2)37(21(3)4,22(5)6)34-27(30)19-26(29-17-16-18-36(15,32-13)33-14)28(31)35-38(23(7)8,24(9)10)25(11)12/h20-26,29H,16-19H2,1-15H3. The summed E-state index contributed by atoms with van der Waals surface area (Å²) in [5.41, 5.74) is 1.61. The summed E-state index contributed by atoms with van der Waals surface area (Å²) < 4.78 is 24.1. The molecule has 0 aliphatic rings. The van der Waals surface area contributed by atoms with Crippen LogP contribution in [0.3, 0.4) is 0 Å². The van der Waals surface area contributed by atoms with E-state index in [-0.39, 0.29) is 51.6 Å². The lowest BCUT2D eigenvalue weighted by Crippen LogP contribution is -2.54. The van der Waals surface area contributed by atoms with Crippen LogP contribution in [0.2, 0.25) is 45.8 Å². The summed E-state index contributed by atoms with van der Waals surface area (Å²) in [5.74, 6) is -0.629. The van der Waals surface area contributed by atoms with Crippen molar-refractivity contribution < 1.29 is 27.3 Å². The highest BCUT2D eigenvalue weighted by Crippen LogP contribution is 2.44. The molecule has 0 rings (SSSR count). The maximum absolute atomic E-state index is 13.8. The molecule has 226 valence electrons. The van der Waals surface area contributed by atoms with E-state index in [1.54, 1.807) is 14.2 Å². The highest BCUT2D eigenvalue weighted by molar-refractivity contribution is 6.79. The van der Waals surface area contributed by atoms with Crippen molar-refractivity contribution >= 4 is 37.1 Å². The lowest BCUT2D eigenvalue weighted by Gasteiger charge is -2.42. The highest BCUT2D eigenvalue weighted by atomic mass is 28.4. The Bertz CT molecular complexity index is 680. The molecule has 1 atom stereocenters. The maximum atomic E-state index is 13.8. The zero-order chi connectivity index (χ0) is 30.1. The minimum absolute atomic E-state index is 0.0260. The maximum Gasteiger partial charge on any atom is 0.334 e. The van der Waals surface area contributed by atoms with Crippen LogP contribution in [0.1, 0.15) is 95.9 Å². The second kappa shape index (κ2) is 16.0. The predicted octanol–water partition coefficient (Wildman–Crippen LogP) is 7.53. The lowest BCUT2D eigenvalue weighted by molar-refractivity contribution is -0.144. The van der Waals surface area contributed by atoms with Crippen LogP contribution in [0, 0.1) is 0 Å². The molecule has 0 saturated heterocycles. The molecule has 1 unspecified atom stereocenters. The van der Waals surface area contributed by atoms with Crippen LogP contribution >= 0.6 is 0 Å². The normalized spacial score (nSPS) is 14.3. The van der Waals surface area contributed by atoms with Crippen molar-refractivity contribution in [2.24, 2.45) is 0 Å². The quantitative estimate of drug-likeness (QED) is 0.130. The number of carbonyl (C=O) groups is 2. The van der Waals surface area contributed by atoms with E-state index in [0.717, 1.165) is 12.5 Å². The van der Waals surface area contributed by atoms with Gasteiger partial charge in [0.1, 0.15) is 6.04 Å². The molecule has 10 heteroatoms. The molecule has 0 heterocycles. The van der Waals surface area contributed by atoms with E-state index in [0.29, 0.717) is 6.54 Å². The molecule has 7 nitrogen and oxygen atoms in total. The van der Waals surface area contributed by atoms with Crippen molar-refractivity contribution in [3.8, 4) is 0 Å². The van der Waals surface area contributed by atoms with Crippen LogP contribution in [-0.4, -0.2) is 63.9 Å². The Morgan fingerprint density at radius 3 is 1.37 bits per heavy atom. The van der Waals surface area contributed by atoms with Crippen LogP contribution in [0.25, 0.3) is 0 Å². The minimum atomic E-state index is -2.46. The molecule has 0 aromatic heterocycles. The first kappa shape index (κ1) is 37.5. The van der Waals surface area contributed by atoms with Crippen molar-refractivity contribution in [3.63, 3.8) is 0 Å². The molecule has 0 spiro atoms. The van der Waals surface area contributed by atoms with E-state index < -0.39 is 31.2 Å². The van der Waals surface area contributed by atoms with Crippen LogP contribution < -0.4 is 5.32 Å². The third-order valence-electron chi connectivity index (χ3n) is 8.70. The fourth-order valence-electron chi connectivity index (χ4n) is 6.57. The number of rotatable bonds is 18. The minimum Gasteiger partial charge on any atom is -0.518 e. The molecular formula is C28H61NO6Si3. The second-order valence-corrected chi connectivity index (χ2v) is 27.2. The Morgan fingerprint density at radius 1 is 0.658 bits per heavy atom. The van der Waals surface area contributed by atoms with E-state index in [4.69, 9.17) is 17.7 Å². The van der Waals surface area contributed by atoms with Gasteiger partial charge in [-0.1, -0.05) is 83.1 Å². The third kappa shape index (κ3) is 9.26. The summed E-state index contributed by atoms with van der Waals surface area (Å²) >= 11 is 0. The number of carbonyl (C=O) groups excluding carboxylic acids is 2. The summed E-state index contributed by atoms with van der Waals surface area (Å²) in [6.07, 6.45) is 0.745. The molecule has 0 aliphatic heterocycles. The Hall–Kier alpha value is -0.529. The van der Waals surface area contributed by atoms with E-state index in [9.17, 15) is 9.59 Å². The van der Waals surface area contributed by atoms with Gasteiger partial charge in [-0.25, -0.2) is 0 Å². The molecule has 38 heavy (non-hydrogen) atoms. The first-order valence-electron chi connectivity index (χ1n) is 14.7. The van der Waals surface area contributed by atoms with Gasteiger partial charge in [-0.3, -0.25) is 9.59 Å². The molecule has 0 radical (unpaired) electrons. The van der Waals surface area contributed by atoms with Crippen LogP contribution in [0.4, 0.5) is 0 Å².